The van der Waals surface area contributed by atoms with Crippen LogP contribution in [0.5, 0.6) is 0 Å². The van der Waals surface area contributed by atoms with Crippen LogP contribution in [0, 0.1) is 29.0 Å². The molecule has 2 amide bonds. The van der Waals surface area contributed by atoms with Crippen molar-refractivity contribution < 1.29 is 18.7 Å². The maximum Gasteiger partial charge on any atom is 0.410 e. The maximum absolute atomic E-state index is 13.2. The van der Waals surface area contributed by atoms with Crippen LogP contribution in [-0.4, -0.2) is 45.9 Å². The van der Waals surface area contributed by atoms with Gasteiger partial charge in [0.25, 0.3) is 5.91 Å². The van der Waals surface area contributed by atoms with E-state index in [0.29, 0.717) is 24.6 Å². The summed E-state index contributed by atoms with van der Waals surface area (Å²) in [5.41, 5.74) is 6.21. The zero-order valence-corrected chi connectivity index (χ0v) is 17.7. The Labute approximate surface area is 184 Å². The van der Waals surface area contributed by atoms with E-state index in [-0.39, 0.29) is 35.9 Å². The summed E-state index contributed by atoms with van der Waals surface area (Å²) < 4.78 is 20.3. The Morgan fingerprint density at radius 2 is 2.03 bits per heavy atom. The highest BCUT2D eigenvalue weighted by Gasteiger charge is 2.37. The monoisotopic (exact) mass is 440 g/mol. The summed E-state index contributed by atoms with van der Waals surface area (Å²) >= 11 is 0. The van der Waals surface area contributed by atoms with E-state index in [4.69, 9.17) is 10.5 Å². The Kier molecular flexibility index (Phi) is 5.99. The molecule has 0 bridgehead atoms. The fourth-order valence-corrected chi connectivity index (χ4v) is 3.95. The number of primary amides is 1. The van der Waals surface area contributed by atoms with Gasteiger partial charge in [0.15, 0.2) is 5.82 Å². The molecule has 1 saturated carbocycles. The molecule has 168 valence electrons. The summed E-state index contributed by atoms with van der Waals surface area (Å²) in [7, 11) is 0. The average Bonchev–Trinajstić information content (AvgIpc) is 3.55. The van der Waals surface area contributed by atoms with Gasteiger partial charge in [-0.2, -0.15) is 10.4 Å². The zero-order chi connectivity index (χ0) is 22.8. The quantitative estimate of drug-likeness (QED) is 0.710. The number of ether oxygens (including phenoxy) is 1. The van der Waals surface area contributed by atoms with Crippen molar-refractivity contribution in [3.05, 3.63) is 41.8 Å². The minimum Gasteiger partial charge on any atom is -0.446 e. The van der Waals surface area contributed by atoms with Crippen LogP contribution in [0.25, 0.3) is 0 Å². The molecule has 1 aromatic heterocycles. The van der Waals surface area contributed by atoms with Gasteiger partial charge < -0.3 is 20.7 Å². The first-order chi connectivity index (χ1) is 15.4. The van der Waals surface area contributed by atoms with Gasteiger partial charge in [0.2, 0.25) is 0 Å². The first-order valence-corrected chi connectivity index (χ1v) is 10.6. The molecular formula is C22H25FN6O3. The lowest BCUT2D eigenvalue weighted by atomic mass is 9.94. The molecule has 2 aliphatic rings. The molecule has 1 saturated heterocycles. The molecule has 2 aromatic rings. The van der Waals surface area contributed by atoms with Crippen LogP contribution < -0.4 is 11.1 Å². The molecule has 0 spiro atoms. The summed E-state index contributed by atoms with van der Waals surface area (Å²) in [5, 5.41) is 17.2. The van der Waals surface area contributed by atoms with Gasteiger partial charge in [0.05, 0.1) is 18.0 Å². The van der Waals surface area contributed by atoms with Crippen LogP contribution in [0.4, 0.5) is 20.7 Å². The smallest absolute Gasteiger partial charge is 0.410 e. The molecule has 1 aromatic carbocycles. The summed E-state index contributed by atoms with van der Waals surface area (Å²) in [6, 6.07) is 7.52. The van der Waals surface area contributed by atoms with E-state index in [2.05, 4.69) is 16.5 Å². The Morgan fingerprint density at radius 1 is 1.31 bits per heavy atom. The number of halogens is 1. The average molecular weight is 440 g/mol. The molecule has 3 atom stereocenters. The van der Waals surface area contributed by atoms with Crippen molar-refractivity contribution in [2.24, 2.45) is 17.6 Å². The molecule has 32 heavy (non-hydrogen) atoms. The van der Waals surface area contributed by atoms with E-state index in [1.807, 2.05) is 6.92 Å². The Morgan fingerprint density at radius 3 is 2.66 bits per heavy atom. The van der Waals surface area contributed by atoms with Gasteiger partial charge in [-0.05, 0) is 56.4 Å². The van der Waals surface area contributed by atoms with Gasteiger partial charge in [-0.25, -0.2) is 9.18 Å². The summed E-state index contributed by atoms with van der Waals surface area (Å²) in [5.74, 6) is -0.936. The van der Waals surface area contributed by atoms with E-state index < -0.39 is 17.9 Å². The number of nitrogens with zero attached hydrogens (tertiary/aromatic N) is 4. The lowest BCUT2D eigenvalue weighted by Crippen LogP contribution is -2.45. The second-order valence-corrected chi connectivity index (χ2v) is 8.33. The van der Waals surface area contributed by atoms with Crippen molar-refractivity contribution in [1.82, 2.24) is 14.7 Å². The summed E-state index contributed by atoms with van der Waals surface area (Å²) in [4.78, 5) is 26.0. The van der Waals surface area contributed by atoms with Crippen LogP contribution in [0.2, 0.25) is 0 Å². The number of likely N-dealkylation sites (tertiary alicyclic amines) is 1. The molecule has 1 unspecified atom stereocenters. The molecule has 2 heterocycles. The first kappa shape index (κ1) is 21.6. The van der Waals surface area contributed by atoms with Gasteiger partial charge in [0.1, 0.15) is 17.5 Å². The molecule has 3 N–H and O–H groups in total. The summed E-state index contributed by atoms with van der Waals surface area (Å²) in [6.45, 7) is 2.52. The van der Waals surface area contributed by atoms with Gasteiger partial charge in [0, 0.05) is 25.0 Å². The fraction of sp³-hybridized carbons (Fsp3) is 0.455. The third-order valence-corrected chi connectivity index (χ3v) is 6.02. The van der Waals surface area contributed by atoms with Crippen molar-refractivity contribution in [2.75, 3.05) is 18.4 Å². The van der Waals surface area contributed by atoms with E-state index in [1.165, 1.54) is 30.5 Å². The Hall–Kier alpha value is -3.61. The molecule has 0 radical (unpaired) electrons. The van der Waals surface area contributed by atoms with Crippen LogP contribution in [0.3, 0.4) is 0 Å². The number of carbonyl (C=O) groups is 2. The number of amides is 2. The minimum absolute atomic E-state index is 0.120. The van der Waals surface area contributed by atoms with E-state index in [1.54, 1.807) is 9.58 Å². The number of benzene rings is 1. The fourth-order valence-electron chi connectivity index (χ4n) is 3.95. The van der Waals surface area contributed by atoms with Crippen molar-refractivity contribution in [3.63, 3.8) is 0 Å². The van der Waals surface area contributed by atoms with Crippen molar-refractivity contribution in [3.8, 4) is 6.07 Å². The van der Waals surface area contributed by atoms with Crippen LogP contribution in [-0.2, 0) is 4.74 Å². The highest BCUT2D eigenvalue weighted by atomic mass is 19.1. The molecule has 1 aliphatic heterocycles. The molecule has 9 nitrogen and oxygen atoms in total. The SMILES string of the molecule is CC(OC(=O)N1CC[C@@H](n2cc(C(N)=O)c(Nc3ccc(F)cc3)n2)[C@@H](C#N)C1)C1CC1. The number of carbonyl (C=O) groups excluding carboxylic acids is 2. The molecular weight excluding hydrogens is 415 g/mol. The number of nitrogens with two attached hydrogens (primary N) is 1. The third kappa shape index (κ3) is 4.66. The van der Waals surface area contributed by atoms with Gasteiger partial charge in [-0.15, -0.1) is 0 Å². The number of nitriles is 1. The normalized spacial score (nSPS) is 21.5. The number of hydrogen-bond acceptors (Lipinski definition) is 6. The van der Waals surface area contributed by atoms with Crippen LogP contribution >= 0.6 is 0 Å². The highest BCUT2D eigenvalue weighted by molar-refractivity contribution is 5.98. The Bertz CT molecular complexity index is 1040. The van der Waals surface area contributed by atoms with Gasteiger partial charge in [-0.3, -0.25) is 9.48 Å². The van der Waals surface area contributed by atoms with Crippen molar-refractivity contribution in [1.29, 1.82) is 5.26 Å². The summed E-state index contributed by atoms with van der Waals surface area (Å²) in [6.07, 6.45) is 3.61. The number of aromatic nitrogens is 2. The number of nitrogens with one attached hydrogen (secondary N) is 1. The van der Waals surface area contributed by atoms with Crippen molar-refractivity contribution >= 4 is 23.5 Å². The largest absolute Gasteiger partial charge is 0.446 e. The van der Waals surface area contributed by atoms with Crippen LogP contribution in [0.15, 0.2) is 30.5 Å². The molecule has 4 rings (SSSR count). The van der Waals surface area contributed by atoms with E-state index >= 15 is 0 Å². The topological polar surface area (TPSA) is 126 Å². The zero-order valence-electron chi connectivity index (χ0n) is 17.7. The second kappa shape index (κ2) is 8.86. The van der Waals surface area contributed by atoms with E-state index in [9.17, 15) is 19.2 Å². The minimum atomic E-state index is -0.676. The number of hydrogen-bond donors (Lipinski definition) is 2. The lowest BCUT2D eigenvalue weighted by molar-refractivity contribution is 0.0453. The number of piperidine rings is 1. The van der Waals surface area contributed by atoms with Crippen molar-refractivity contribution in [2.45, 2.75) is 38.3 Å². The van der Waals surface area contributed by atoms with Gasteiger partial charge in [-0.1, -0.05) is 0 Å². The maximum atomic E-state index is 13.2. The highest BCUT2D eigenvalue weighted by Crippen LogP contribution is 2.35. The predicted octanol–water partition coefficient (Wildman–Crippen LogP) is 3.19. The Balaban J connectivity index is 1.49. The second-order valence-electron chi connectivity index (χ2n) is 8.33. The van der Waals surface area contributed by atoms with Crippen LogP contribution in [0.1, 0.15) is 42.6 Å². The molecule has 2 fully saturated rings. The van der Waals surface area contributed by atoms with Gasteiger partial charge >= 0.3 is 6.09 Å². The first-order valence-electron chi connectivity index (χ1n) is 10.6. The van der Waals surface area contributed by atoms with E-state index in [0.717, 1.165) is 12.8 Å². The standard InChI is InChI=1S/C22H25FN6O3/c1-13(14-2-3-14)32-22(31)28-9-8-19(15(10-24)11-28)29-12-18(20(25)30)21(27-29)26-17-6-4-16(23)5-7-17/h4-7,12-15,19H,2-3,8-9,11H2,1H3,(H2,25,30)(H,26,27)/t13?,15-,19+/m0/s1. The molecule has 10 heteroatoms. The number of anilines is 2. The molecule has 1 aliphatic carbocycles. The predicted molar refractivity (Wildman–Crippen MR) is 113 cm³/mol. The lowest BCUT2D eigenvalue weighted by Gasteiger charge is -2.35. The number of rotatable bonds is 6. The third-order valence-electron chi connectivity index (χ3n) is 6.02.